The number of benzene rings is 1. The summed E-state index contributed by atoms with van der Waals surface area (Å²) in [5, 5.41) is 0. The average Bonchev–Trinajstić information content (AvgIpc) is 3.25. The minimum atomic E-state index is -1.53. The van der Waals surface area contributed by atoms with Crippen LogP contribution in [0.15, 0.2) is 36.4 Å². The molecule has 2 fully saturated rings. The summed E-state index contributed by atoms with van der Waals surface area (Å²) in [6.45, 7) is 4.19. The molecule has 0 radical (unpaired) electrons. The van der Waals surface area contributed by atoms with Crippen molar-refractivity contribution in [2.24, 2.45) is 11.8 Å². The molecule has 0 saturated carbocycles. The van der Waals surface area contributed by atoms with Crippen molar-refractivity contribution in [3.63, 3.8) is 0 Å². The Kier molecular flexibility index (Phi) is 4.11. The van der Waals surface area contributed by atoms with Crippen LogP contribution in [0.3, 0.4) is 0 Å². The molecule has 2 saturated heterocycles. The number of imide groups is 1. The van der Waals surface area contributed by atoms with Crippen LogP contribution in [0, 0.1) is 18.8 Å². The van der Waals surface area contributed by atoms with Crippen molar-refractivity contribution < 1.29 is 33.4 Å². The van der Waals surface area contributed by atoms with Gasteiger partial charge in [0.25, 0.3) is 6.29 Å². The Morgan fingerprint density at radius 2 is 1.82 bits per heavy atom. The van der Waals surface area contributed by atoms with Gasteiger partial charge in [-0.25, -0.2) is 4.90 Å². The number of esters is 2. The third kappa shape index (κ3) is 2.56. The number of fused-ring (bicyclic) bond motifs is 5. The molecule has 28 heavy (non-hydrogen) atoms. The predicted molar refractivity (Wildman–Crippen MR) is 94.7 cm³/mol. The van der Waals surface area contributed by atoms with Crippen molar-refractivity contribution in [2.45, 2.75) is 38.8 Å². The van der Waals surface area contributed by atoms with Gasteiger partial charge in [-0.2, -0.15) is 0 Å². The van der Waals surface area contributed by atoms with Crippen molar-refractivity contribution in [1.29, 1.82) is 0 Å². The Labute approximate surface area is 161 Å². The van der Waals surface area contributed by atoms with Gasteiger partial charge in [0.2, 0.25) is 11.8 Å². The summed E-state index contributed by atoms with van der Waals surface area (Å²) in [5.41, 5.74) is -0.159. The molecule has 0 aliphatic carbocycles. The maximum atomic E-state index is 13.3. The second kappa shape index (κ2) is 6.27. The summed E-state index contributed by atoms with van der Waals surface area (Å²) >= 11 is 0. The van der Waals surface area contributed by atoms with Crippen LogP contribution in [0.25, 0.3) is 0 Å². The van der Waals surface area contributed by atoms with Crippen LogP contribution in [0.2, 0.25) is 0 Å². The maximum Gasteiger partial charge on any atom is 0.305 e. The number of hydrogen-bond donors (Lipinski definition) is 0. The van der Waals surface area contributed by atoms with Gasteiger partial charge in [-0.3, -0.25) is 19.2 Å². The Balaban J connectivity index is 1.75. The second-order valence-electron chi connectivity index (χ2n) is 7.20. The molecule has 0 N–H and O–H groups in total. The van der Waals surface area contributed by atoms with Crippen molar-refractivity contribution in [3.05, 3.63) is 42.0 Å². The Bertz CT molecular complexity index is 907. The van der Waals surface area contributed by atoms with Gasteiger partial charge in [0.1, 0.15) is 0 Å². The lowest BCUT2D eigenvalue weighted by Crippen LogP contribution is -2.52. The van der Waals surface area contributed by atoms with E-state index in [2.05, 4.69) is 0 Å². The zero-order chi connectivity index (χ0) is 20.2. The van der Waals surface area contributed by atoms with Crippen LogP contribution in [-0.2, 0) is 33.4 Å². The lowest BCUT2D eigenvalue weighted by atomic mass is 9.76. The van der Waals surface area contributed by atoms with E-state index >= 15 is 0 Å². The van der Waals surface area contributed by atoms with E-state index in [0.29, 0.717) is 5.69 Å². The molecule has 1 aromatic rings. The molecule has 3 heterocycles. The first-order valence-electron chi connectivity index (χ1n) is 8.90. The topological polar surface area (TPSA) is 99.2 Å². The van der Waals surface area contributed by atoms with E-state index in [-0.39, 0.29) is 5.91 Å². The number of aryl methyl sites for hydroxylation is 1. The van der Waals surface area contributed by atoms with E-state index in [0.717, 1.165) is 24.3 Å². The summed E-state index contributed by atoms with van der Waals surface area (Å²) in [6.07, 6.45) is 1.07. The quantitative estimate of drug-likeness (QED) is 0.333. The zero-order valence-corrected chi connectivity index (χ0v) is 15.6. The molecule has 146 valence electrons. The third-order valence-corrected chi connectivity index (χ3v) is 5.25. The lowest BCUT2D eigenvalue weighted by Gasteiger charge is -2.34. The normalized spacial score (nSPS) is 30.1. The molecule has 3 aliphatic rings. The van der Waals surface area contributed by atoms with Crippen molar-refractivity contribution in [3.8, 4) is 0 Å². The lowest BCUT2D eigenvalue weighted by molar-refractivity contribution is -0.226. The first-order valence-corrected chi connectivity index (χ1v) is 8.90. The molecule has 4 rings (SSSR count). The van der Waals surface area contributed by atoms with Crippen LogP contribution >= 0.6 is 0 Å². The van der Waals surface area contributed by atoms with E-state index in [4.69, 9.17) is 14.2 Å². The fraction of sp³-hybridized carbons (Fsp3) is 0.400. The third-order valence-electron chi connectivity index (χ3n) is 5.25. The first-order chi connectivity index (χ1) is 13.2. The molecule has 8 heteroatoms. The first kappa shape index (κ1) is 18.4. The number of amides is 2. The van der Waals surface area contributed by atoms with E-state index in [1.807, 2.05) is 13.0 Å². The molecule has 0 aromatic heterocycles. The van der Waals surface area contributed by atoms with Gasteiger partial charge >= 0.3 is 11.9 Å². The van der Waals surface area contributed by atoms with Gasteiger partial charge in [0.05, 0.1) is 23.6 Å². The highest BCUT2D eigenvalue weighted by atomic mass is 16.7. The number of hydrogen-bond acceptors (Lipinski definition) is 7. The molecule has 8 nitrogen and oxygen atoms in total. The number of rotatable bonds is 4. The number of nitrogens with zero attached hydrogens (tertiary/aromatic N) is 1. The summed E-state index contributed by atoms with van der Waals surface area (Å²) < 4.78 is 16.3. The largest absolute Gasteiger partial charge is 0.422 e. The number of carbonyl (C=O) groups excluding carboxylic acids is 4. The number of anilines is 1. The molecular formula is C20H19NO7. The van der Waals surface area contributed by atoms with Crippen LogP contribution in [0.4, 0.5) is 5.69 Å². The highest BCUT2D eigenvalue weighted by Gasteiger charge is 2.72. The van der Waals surface area contributed by atoms with Crippen LogP contribution in [0.1, 0.15) is 19.4 Å². The molecule has 3 aliphatic heterocycles. The van der Waals surface area contributed by atoms with Gasteiger partial charge in [-0.05, 0) is 30.7 Å². The summed E-state index contributed by atoms with van der Waals surface area (Å²) in [7, 11) is 0. The molecule has 0 unspecified atom stereocenters. The highest BCUT2D eigenvalue weighted by Crippen LogP contribution is 2.54. The summed E-state index contributed by atoms with van der Waals surface area (Å²) in [5.74, 6) is -3.99. The standard InChI is InChI=1S/C20H19NO7/c1-10-5-4-6-13(9-10)21-17(24)15-14-7-8-20(28-14,16(15)18(21)25)19(26-11(2)22)27-12(3)23/h4-9,14-16,19H,1-3H3/t14-,15-,16+,20+/m0/s1. The number of carbonyl (C=O) groups is 4. The molecule has 2 bridgehead atoms. The highest BCUT2D eigenvalue weighted by molar-refractivity contribution is 6.23. The second-order valence-corrected chi connectivity index (χ2v) is 7.20. The summed E-state index contributed by atoms with van der Waals surface area (Å²) in [4.78, 5) is 50.7. The van der Waals surface area contributed by atoms with Crippen LogP contribution < -0.4 is 4.90 Å². The van der Waals surface area contributed by atoms with Crippen LogP contribution in [-0.4, -0.2) is 41.7 Å². The van der Waals surface area contributed by atoms with E-state index in [1.165, 1.54) is 0 Å². The SMILES string of the molecule is CC(=O)OC(OC(C)=O)[C@]12C=C[C@H](O1)[C@@H]1C(=O)N(c3cccc(C)c3)C(=O)[C@@H]12. The number of ether oxygens (including phenoxy) is 3. The van der Waals surface area contributed by atoms with Gasteiger partial charge in [-0.15, -0.1) is 0 Å². The molecule has 4 atom stereocenters. The molecule has 1 aromatic carbocycles. The monoisotopic (exact) mass is 385 g/mol. The smallest absolute Gasteiger partial charge is 0.305 e. The maximum absolute atomic E-state index is 13.3. The van der Waals surface area contributed by atoms with Crippen LogP contribution in [0.5, 0.6) is 0 Å². The van der Waals surface area contributed by atoms with Gasteiger partial charge in [0.15, 0.2) is 5.60 Å². The average molecular weight is 385 g/mol. The van der Waals surface area contributed by atoms with Gasteiger partial charge in [0, 0.05) is 13.8 Å². The van der Waals surface area contributed by atoms with E-state index in [1.54, 1.807) is 30.4 Å². The van der Waals surface area contributed by atoms with Crippen molar-refractivity contribution in [2.75, 3.05) is 4.90 Å². The van der Waals surface area contributed by atoms with Gasteiger partial charge < -0.3 is 14.2 Å². The minimum Gasteiger partial charge on any atom is -0.422 e. The van der Waals surface area contributed by atoms with Gasteiger partial charge in [-0.1, -0.05) is 18.2 Å². The summed E-state index contributed by atoms with van der Waals surface area (Å²) in [6, 6.07) is 7.05. The Morgan fingerprint density at radius 1 is 1.14 bits per heavy atom. The minimum absolute atomic E-state index is 0.388. The Morgan fingerprint density at radius 3 is 2.43 bits per heavy atom. The van der Waals surface area contributed by atoms with E-state index in [9.17, 15) is 19.2 Å². The predicted octanol–water partition coefficient (Wildman–Crippen LogP) is 1.26. The molecular weight excluding hydrogens is 366 g/mol. The fourth-order valence-electron chi connectivity index (χ4n) is 4.24. The molecule has 0 spiro atoms. The zero-order valence-electron chi connectivity index (χ0n) is 15.6. The van der Waals surface area contributed by atoms with E-state index < -0.39 is 47.7 Å². The van der Waals surface area contributed by atoms with Crippen molar-refractivity contribution >= 4 is 29.4 Å². The Hall–Kier alpha value is -3.00. The van der Waals surface area contributed by atoms with Crippen molar-refractivity contribution in [1.82, 2.24) is 0 Å². The molecule has 2 amide bonds. The fourth-order valence-corrected chi connectivity index (χ4v) is 4.24.